The Morgan fingerprint density at radius 2 is 1.59 bits per heavy atom. The second kappa shape index (κ2) is 10.3. The third-order valence-electron chi connectivity index (χ3n) is 4.25. The van der Waals surface area contributed by atoms with E-state index in [0.29, 0.717) is 5.02 Å². The van der Waals surface area contributed by atoms with Gasteiger partial charge in [-0.15, -0.1) is 0 Å². The summed E-state index contributed by atoms with van der Waals surface area (Å²) < 4.78 is 45.4. The van der Waals surface area contributed by atoms with Gasteiger partial charge < -0.3 is 10.1 Å². The van der Waals surface area contributed by atoms with E-state index < -0.39 is 34.3 Å². The van der Waals surface area contributed by atoms with Crippen LogP contribution in [0.15, 0.2) is 77.7 Å². The molecule has 0 saturated carbocycles. The third-order valence-corrected chi connectivity index (χ3v) is 5.89. The molecule has 1 amide bonds. The molecule has 0 aromatic heterocycles. The van der Waals surface area contributed by atoms with Crippen molar-refractivity contribution in [3.05, 3.63) is 94.8 Å². The largest absolute Gasteiger partial charge is 0.452 e. The van der Waals surface area contributed by atoms with Crippen molar-refractivity contribution in [1.29, 1.82) is 0 Å². The van der Waals surface area contributed by atoms with Crippen molar-refractivity contribution in [2.75, 3.05) is 11.3 Å². The minimum atomic E-state index is -4.07. The molecule has 2 N–H and O–H groups in total. The molecule has 0 bridgehead atoms. The normalized spacial score (nSPS) is 10.9. The van der Waals surface area contributed by atoms with Gasteiger partial charge in [0, 0.05) is 11.6 Å². The molecular weight excluding hydrogens is 459 g/mol. The Morgan fingerprint density at radius 1 is 0.938 bits per heavy atom. The Morgan fingerprint density at radius 3 is 2.28 bits per heavy atom. The fourth-order valence-electron chi connectivity index (χ4n) is 2.63. The fourth-order valence-corrected chi connectivity index (χ4v) is 3.84. The molecule has 0 unspecified atom stereocenters. The van der Waals surface area contributed by atoms with E-state index in [9.17, 15) is 22.4 Å². The number of esters is 1. The number of carbonyl (C=O) groups is 2. The van der Waals surface area contributed by atoms with Gasteiger partial charge in [0.1, 0.15) is 5.82 Å². The monoisotopic (exact) mass is 476 g/mol. The van der Waals surface area contributed by atoms with Crippen LogP contribution < -0.4 is 10.0 Å². The number of hydrogen-bond acceptors (Lipinski definition) is 5. The summed E-state index contributed by atoms with van der Waals surface area (Å²) in [4.78, 5) is 24.3. The van der Waals surface area contributed by atoms with E-state index in [1.54, 1.807) is 24.3 Å². The van der Waals surface area contributed by atoms with E-state index in [4.69, 9.17) is 16.3 Å². The number of carbonyl (C=O) groups excluding carboxylic acids is 2. The molecule has 0 aliphatic carbocycles. The quantitative estimate of drug-likeness (QED) is 0.482. The van der Waals surface area contributed by atoms with E-state index in [1.165, 1.54) is 24.3 Å². The number of nitrogens with one attached hydrogen (secondary N) is 2. The predicted molar refractivity (Wildman–Crippen MR) is 117 cm³/mol. The van der Waals surface area contributed by atoms with Gasteiger partial charge in [-0.3, -0.25) is 9.52 Å². The zero-order valence-corrected chi connectivity index (χ0v) is 18.1. The zero-order chi connectivity index (χ0) is 23.1. The van der Waals surface area contributed by atoms with Crippen molar-refractivity contribution in [1.82, 2.24) is 5.32 Å². The van der Waals surface area contributed by atoms with Crippen LogP contribution in [-0.2, 0) is 26.1 Å². The number of halogens is 2. The van der Waals surface area contributed by atoms with Crippen molar-refractivity contribution in [3.63, 3.8) is 0 Å². The minimum absolute atomic E-state index is 0.0385. The number of benzene rings is 3. The van der Waals surface area contributed by atoms with E-state index in [1.807, 2.05) is 0 Å². The summed E-state index contributed by atoms with van der Waals surface area (Å²) in [5.41, 5.74) is 0.696. The molecule has 0 atom stereocenters. The lowest BCUT2D eigenvalue weighted by atomic mass is 10.2. The highest BCUT2D eigenvalue weighted by molar-refractivity contribution is 7.92. The van der Waals surface area contributed by atoms with Crippen LogP contribution in [0.5, 0.6) is 0 Å². The number of ether oxygens (including phenoxy) is 1. The lowest BCUT2D eigenvalue weighted by Crippen LogP contribution is -2.28. The van der Waals surface area contributed by atoms with Crippen LogP contribution in [0, 0.1) is 5.82 Å². The summed E-state index contributed by atoms with van der Waals surface area (Å²) in [6, 6.07) is 16.9. The smallest absolute Gasteiger partial charge is 0.340 e. The third kappa shape index (κ3) is 6.29. The first-order valence-electron chi connectivity index (χ1n) is 9.30. The summed E-state index contributed by atoms with van der Waals surface area (Å²) in [5.74, 6) is -2.00. The first-order valence-corrected chi connectivity index (χ1v) is 11.2. The van der Waals surface area contributed by atoms with Crippen LogP contribution in [0.1, 0.15) is 15.9 Å². The minimum Gasteiger partial charge on any atom is -0.452 e. The molecule has 0 fully saturated rings. The molecule has 166 valence electrons. The molecule has 0 aliphatic rings. The summed E-state index contributed by atoms with van der Waals surface area (Å²) in [5, 5.41) is 3.17. The average molecular weight is 477 g/mol. The SMILES string of the molecule is O=C(COC(=O)c1ccccc1NS(=O)(=O)c1ccc(F)cc1)NCc1ccc(Cl)cc1. The van der Waals surface area contributed by atoms with Gasteiger partial charge in [0.15, 0.2) is 6.61 Å². The Hall–Kier alpha value is -3.43. The molecule has 0 spiro atoms. The molecule has 0 saturated heterocycles. The zero-order valence-electron chi connectivity index (χ0n) is 16.5. The molecule has 3 aromatic carbocycles. The maximum atomic E-state index is 13.1. The molecule has 3 aromatic rings. The maximum Gasteiger partial charge on any atom is 0.340 e. The van der Waals surface area contributed by atoms with Gasteiger partial charge in [-0.2, -0.15) is 0 Å². The predicted octanol–water partition coefficient (Wildman–Crippen LogP) is 3.75. The van der Waals surface area contributed by atoms with Crippen LogP contribution in [-0.4, -0.2) is 26.9 Å². The molecule has 0 heterocycles. The van der Waals surface area contributed by atoms with E-state index in [2.05, 4.69) is 10.0 Å². The molecule has 0 aliphatic heterocycles. The summed E-state index contributed by atoms with van der Waals surface area (Å²) >= 11 is 5.81. The molecular formula is C22H18ClFN2O5S. The van der Waals surface area contributed by atoms with Crippen LogP contribution in [0.4, 0.5) is 10.1 Å². The Kier molecular flexibility index (Phi) is 7.45. The van der Waals surface area contributed by atoms with Gasteiger partial charge in [-0.25, -0.2) is 17.6 Å². The summed E-state index contributed by atoms with van der Waals surface area (Å²) in [7, 11) is -4.07. The fraction of sp³-hybridized carbons (Fsp3) is 0.0909. The Balaban J connectivity index is 1.61. The molecule has 7 nitrogen and oxygen atoms in total. The van der Waals surface area contributed by atoms with Crippen molar-refractivity contribution >= 4 is 39.2 Å². The van der Waals surface area contributed by atoms with Crippen LogP contribution in [0.2, 0.25) is 5.02 Å². The lowest BCUT2D eigenvalue weighted by molar-refractivity contribution is -0.124. The molecule has 10 heteroatoms. The highest BCUT2D eigenvalue weighted by atomic mass is 35.5. The van der Waals surface area contributed by atoms with Gasteiger partial charge in [0.2, 0.25) is 0 Å². The van der Waals surface area contributed by atoms with E-state index in [-0.39, 0.29) is 22.7 Å². The molecule has 32 heavy (non-hydrogen) atoms. The topological polar surface area (TPSA) is 102 Å². The van der Waals surface area contributed by atoms with Crippen LogP contribution >= 0.6 is 11.6 Å². The van der Waals surface area contributed by atoms with Crippen molar-refractivity contribution in [3.8, 4) is 0 Å². The second-order valence-corrected chi connectivity index (χ2v) is 8.70. The van der Waals surface area contributed by atoms with Gasteiger partial charge in [-0.1, -0.05) is 35.9 Å². The summed E-state index contributed by atoms with van der Waals surface area (Å²) in [6.07, 6.45) is 0. The van der Waals surface area contributed by atoms with Gasteiger partial charge in [0.25, 0.3) is 15.9 Å². The van der Waals surface area contributed by atoms with E-state index >= 15 is 0 Å². The molecule has 3 rings (SSSR count). The van der Waals surface area contributed by atoms with Gasteiger partial charge in [0.05, 0.1) is 16.1 Å². The highest BCUT2D eigenvalue weighted by Crippen LogP contribution is 2.21. The Bertz CT molecular complexity index is 1220. The number of rotatable bonds is 8. The lowest BCUT2D eigenvalue weighted by Gasteiger charge is -2.12. The van der Waals surface area contributed by atoms with Crippen molar-refractivity contribution in [2.45, 2.75) is 11.4 Å². The van der Waals surface area contributed by atoms with Gasteiger partial charge in [-0.05, 0) is 54.1 Å². The number of anilines is 1. The maximum absolute atomic E-state index is 13.1. The van der Waals surface area contributed by atoms with Gasteiger partial charge >= 0.3 is 5.97 Å². The first-order chi connectivity index (χ1) is 15.2. The van der Waals surface area contributed by atoms with Crippen molar-refractivity contribution < 1.29 is 27.1 Å². The van der Waals surface area contributed by atoms with Crippen LogP contribution in [0.3, 0.4) is 0 Å². The standard InChI is InChI=1S/C22H18ClFN2O5S/c23-16-7-5-15(6-8-16)13-25-21(27)14-31-22(28)19-3-1-2-4-20(19)26-32(29,30)18-11-9-17(24)10-12-18/h1-12,26H,13-14H2,(H,25,27). The number of sulfonamides is 1. The highest BCUT2D eigenvalue weighted by Gasteiger charge is 2.20. The van der Waals surface area contributed by atoms with Crippen molar-refractivity contribution in [2.24, 2.45) is 0 Å². The molecule has 0 radical (unpaired) electrons. The van der Waals surface area contributed by atoms with Crippen LogP contribution in [0.25, 0.3) is 0 Å². The number of para-hydroxylation sites is 1. The first kappa shape index (κ1) is 23.2. The Labute approximate surface area is 189 Å². The summed E-state index contributed by atoms with van der Waals surface area (Å²) in [6.45, 7) is -0.326. The number of hydrogen-bond donors (Lipinski definition) is 2. The second-order valence-electron chi connectivity index (χ2n) is 6.58. The van der Waals surface area contributed by atoms with E-state index in [0.717, 1.165) is 29.8 Å². The number of amides is 1. The average Bonchev–Trinajstić information content (AvgIpc) is 2.77.